The van der Waals surface area contributed by atoms with E-state index < -0.39 is 0 Å². The molecule has 28 heavy (non-hydrogen) atoms. The average Bonchev–Trinajstić information content (AvgIpc) is 3.22. The summed E-state index contributed by atoms with van der Waals surface area (Å²) >= 11 is 1.53. The van der Waals surface area contributed by atoms with Gasteiger partial charge in [0, 0.05) is 36.3 Å². The quantitative estimate of drug-likeness (QED) is 0.796. The summed E-state index contributed by atoms with van der Waals surface area (Å²) in [6.45, 7) is 2.88. The molecule has 0 saturated carbocycles. The molecule has 2 bridgehead atoms. The molecule has 0 radical (unpaired) electrons. The molecule has 6 heteroatoms. The molecule has 1 aromatic heterocycles. The van der Waals surface area contributed by atoms with Crippen molar-refractivity contribution in [3.63, 3.8) is 0 Å². The number of ether oxygens (including phenoxy) is 2. The fourth-order valence-corrected chi connectivity index (χ4v) is 5.51. The lowest BCUT2D eigenvalue weighted by Crippen LogP contribution is -2.50. The van der Waals surface area contributed by atoms with E-state index in [-0.39, 0.29) is 11.9 Å². The summed E-state index contributed by atoms with van der Waals surface area (Å²) in [6.07, 6.45) is 4.44. The van der Waals surface area contributed by atoms with Gasteiger partial charge < -0.3 is 14.8 Å². The van der Waals surface area contributed by atoms with E-state index in [1.165, 1.54) is 29.7 Å². The predicted octanol–water partition coefficient (Wildman–Crippen LogP) is 4.00. The molecule has 2 saturated heterocycles. The number of nitrogens with zero attached hydrogens (tertiary/aromatic N) is 1. The van der Waals surface area contributed by atoms with E-state index >= 15 is 0 Å². The molecule has 0 spiro atoms. The van der Waals surface area contributed by atoms with Gasteiger partial charge in [0.1, 0.15) is 11.5 Å². The fourth-order valence-electron chi connectivity index (χ4n) is 4.69. The van der Waals surface area contributed by atoms with E-state index in [2.05, 4.69) is 16.3 Å². The monoisotopic (exact) mass is 400 g/mol. The standard InChI is InChI=1S/C22H28N2O3S/c1-14-8-9-28-21(14)22(25)23-16-10-17-5-6-18(11-16)24(17)13-15-4-7-19(26-2)12-20(15)27-3/h4,7-9,12,16-18H,5-6,10-11,13H2,1-3H3,(H,23,25). The van der Waals surface area contributed by atoms with Gasteiger partial charge in [0.2, 0.25) is 0 Å². The smallest absolute Gasteiger partial charge is 0.261 e. The highest BCUT2D eigenvalue weighted by atomic mass is 32.1. The van der Waals surface area contributed by atoms with Gasteiger partial charge in [-0.2, -0.15) is 0 Å². The van der Waals surface area contributed by atoms with Crippen molar-refractivity contribution < 1.29 is 14.3 Å². The SMILES string of the molecule is COc1ccc(CN2C3CCC2CC(NC(=O)c2sccc2C)C3)c(OC)c1. The summed E-state index contributed by atoms with van der Waals surface area (Å²) in [6, 6.07) is 9.35. The largest absolute Gasteiger partial charge is 0.497 e. The highest BCUT2D eigenvalue weighted by Crippen LogP contribution is 2.38. The van der Waals surface area contributed by atoms with Gasteiger partial charge in [0.05, 0.1) is 19.1 Å². The summed E-state index contributed by atoms with van der Waals surface area (Å²) in [5.74, 6) is 1.78. The van der Waals surface area contributed by atoms with Gasteiger partial charge in [-0.15, -0.1) is 11.3 Å². The van der Waals surface area contributed by atoms with Crippen LogP contribution in [0.3, 0.4) is 0 Å². The van der Waals surface area contributed by atoms with Gasteiger partial charge >= 0.3 is 0 Å². The zero-order chi connectivity index (χ0) is 19.7. The topological polar surface area (TPSA) is 50.8 Å². The number of piperidine rings is 1. The molecule has 0 aliphatic carbocycles. The number of fused-ring (bicyclic) bond motifs is 2. The summed E-state index contributed by atoms with van der Waals surface area (Å²) in [4.78, 5) is 16.0. The van der Waals surface area contributed by atoms with E-state index in [9.17, 15) is 4.79 Å². The van der Waals surface area contributed by atoms with Crippen LogP contribution in [-0.4, -0.2) is 43.2 Å². The molecule has 5 nitrogen and oxygen atoms in total. The first kappa shape index (κ1) is 19.3. The lowest BCUT2D eigenvalue weighted by atomic mass is 9.96. The van der Waals surface area contributed by atoms with Crippen LogP contribution in [0.4, 0.5) is 0 Å². The predicted molar refractivity (Wildman–Crippen MR) is 111 cm³/mol. The van der Waals surface area contributed by atoms with Crippen LogP contribution in [-0.2, 0) is 6.54 Å². The van der Waals surface area contributed by atoms with Crippen molar-refractivity contribution in [3.8, 4) is 11.5 Å². The second kappa shape index (κ2) is 8.13. The van der Waals surface area contributed by atoms with Crippen molar-refractivity contribution in [3.05, 3.63) is 45.6 Å². The number of benzene rings is 1. The van der Waals surface area contributed by atoms with E-state index in [4.69, 9.17) is 9.47 Å². The van der Waals surface area contributed by atoms with Crippen molar-refractivity contribution in [2.24, 2.45) is 0 Å². The molecule has 1 N–H and O–H groups in total. The second-order valence-electron chi connectivity index (χ2n) is 7.81. The minimum absolute atomic E-state index is 0.0853. The number of carbonyl (C=O) groups is 1. The maximum Gasteiger partial charge on any atom is 0.261 e. The molecule has 2 aromatic rings. The maximum atomic E-state index is 12.6. The summed E-state index contributed by atoms with van der Waals surface area (Å²) in [5, 5.41) is 5.27. The van der Waals surface area contributed by atoms with Gasteiger partial charge in [-0.1, -0.05) is 6.07 Å². The minimum atomic E-state index is 0.0853. The van der Waals surface area contributed by atoms with E-state index in [0.717, 1.165) is 41.3 Å². The van der Waals surface area contributed by atoms with Crippen molar-refractivity contribution in [1.82, 2.24) is 10.2 Å². The number of methoxy groups -OCH3 is 2. The molecule has 2 aliphatic rings. The fraction of sp³-hybridized carbons (Fsp3) is 0.500. The average molecular weight is 401 g/mol. The summed E-state index contributed by atoms with van der Waals surface area (Å²) in [7, 11) is 3.38. The van der Waals surface area contributed by atoms with Crippen LogP contribution in [0.25, 0.3) is 0 Å². The van der Waals surface area contributed by atoms with Crippen LogP contribution < -0.4 is 14.8 Å². The molecule has 3 heterocycles. The van der Waals surface area contributed by atoms with Crippen LogP contribution in [0.1, 0.15) is 46.5 Å². The number of hydrogen-bond donors (Lipinski definition) is 1. The highest BCUT2D eigenvalue weighted by Gasteiger charge is 2.41. The third-order valence-corrected chi connectivity index (χ3v) is 7.15. The van der Waals surface area contributed by atoms with Crippen LogP contribution >= 0.6 is 11.3 Å². The molecule has 2 aliphatic heterocycles. The van der Waals surface area contributed by atoms with Crippen molar-refractivity contribution >= 4 is 17.2 Å². The minimum Gasteiger partial charge on any atom is -0.497 e. The first-order valence-electron chi connectivity index (χ1n) is 9.90. The lowest BCUT2D eigenvalue weighted by Gasteiger charge is -2.39. The molecule has 150 valence electrons. The number of hydrogen-bond acceptors (Lipinski definition) is 5. The number of rotatable bonds is 6. The van der Waals surface area contributed by atoms with Crippen LogP contribution in [0.5, 0.6) is 11.5 Å². The summed E-state index contributed by atoms with van der Waals surface area (Å²) < 4.78 is 10.9. The van der Waals surface area contributed by atoms with Crippen LogP contribution in [0.15, 0.2) is 29.6 Å². The number of nitrogens with one attached hydrogen (secondary N) is 1. The third-order valence-electron chi connectivity index (χ3n) is 6.14. The Kier molecular flexibility index (Phi) is 5.60. The molecule has 1 amide bonds. The lowest BCUT2D eigenvalue weighted by molar-refractivity contribution is 0.0829. The van der Waals surface area contributed by atoms with Crippen LogP contribution in [0.2, 0.25) is 0 Å². The Labute approximate surface area is 170 Å². The Balaban J connectivity index is 1.42. The molecule has 4 rings (SSSR count). The second-order valence-corrected chi connectivity index (χ2v) is 8.73. The number of amides is 1. The number of carbonyl (C=O) groups excluding carboxylic acids is 1. The number of aryl methyl sites for hydroxylation is 1. The highest BCUT2D eigenvalue weighted by molar-refractivity contribution is 7.12. The van der Waals surface area contributed by atoms with Gasteiger partial charge in [-0.3, -0.25) is 9.69 Å². The number of thiophene rings is 1. The van der Waals surface area contributed by atoms with Crippen molar-refractivity contribution in [2.45, 2.75) is 57.3 Å². The summed E-state index contributed by atoms with van der Waals surface area (Å²) in [5.41, 5.74) is 2.26. The normalized spacial score (nSPS) is 24.2. The first-order valence-corrected chi connectivity index (χ1v) is 10.8. The van der Waals surface area contributed by atoms with Gasteiger partial charge in [0.15, 0.2) is 0 Å². The Morgan fingerprint density at radius 2 is 1.93 bits per heavy atom. The van der Waals surface area contributed by atoms with E-state index in [1.54, 1.807) is 14.2 Å². The molecular formula is C22H28N2O3S. The Morgan fingerprint density at radius 3 is 2.54 bits per heavy atom. The molecular weight excluding hydrogens is 372 g/mol. The molecule has 2 unspecified atom stereocenters. The molecule has 2 atom stereocenters. The Hall–Kier alpha value is -2.05. The third kappa shape index (κ3) is 3.76. The van der Waals surface area contributed by atoms with E-state index in [0.29, 0.717) is 12.1 Å². The Bertz CT molecular complexity index is 836. The zero-order valence-corrected chi connectivity index (χ0v) is 17.6. The zero-order valence-electron chi connectivity index (χ0n) is 16.7. The van der Waals surface area contributed by atoms with Gasteiger partial charge in [-0.25, -0.2) is 0 Å². The maximum absolute atomic E-state index is 12.6. The van der Waals surface area contributed by atoms with E-state index in [1.807, 2.05) is 30.5 Å². The first-order chi connectivity index (χ1) is 13.6. The van der Waals surface area contributed by atoms with Crippen LogP contribution in [0, 0.1) is 6.92 Å². The van der Waals surface area contributed by atoms with Gasteiger partial charge in [-0.05, 0) is 55.7 Å². The van der Waals surface area contributed by atoms with Crippen molar-refractivity contribution in [1.29, 1.82) is 0 Å². The molecule has 1 aromatic carbocycles. The Morgan fingerprint density at radius 1 is 1.18 bits per heavy atom. The van der Waals surface area contributed by atoms with Crippen molar-refractivity contribution in [2.75, 3.05) is 14.2 Å². The van der Waals surface area contributed by atoms with Gasteiger partial charge in [0.25, 0.3) is 5.91 Å². The molecule has 2 fully saturated rings.